The molecule has 2 rings (SSSR count). The second-order valence-corrected chi connectivity index (χ2v) is 4.96. The van der Waals surface area contributed by atoms with Crippen LogP contribution in [0.1, 0.15) is 33.1 Å². The first-order chi connectivity index (χ1) is 7.63. The van der Waals surface area contributed by atoms with Crippen LogP contribution in [0.4, 0.5) is 0 Å². The molecule has 0 aromatic carbocycles. The molecule has 0 saturated carbocycles. The molecule has 3 unspecified atom stereocenters. The van der Waals surface area contributed by atoms with Crippen molar-refractivity contribution in [3.63, 3.8) is 0 Å². The van der Waals surface area contributed by atoms with Gasteiger partial charge in [0.1, 0.15) is 0 Å². The summed E-state index contributed by atoms with van der Waals surface area (Å²) in [6.07, 6.45) is 2.89. The molecular weight excluding hydrogens is 204 g/mol. The van der Waals surface area contributed by atoms with E-state index in [1.165, 1.54) is 0 Å². The fraction of sp³-hybridized carbons (Fsp3) is 0.833. The van der Waals surface area contributed by atoms with Gasteiger partial charge in [-0.05, 0) is 32.4 Å². The monoisotopic (exact) mass is 224 g/mol. The smallest absolute Gasteiger partial charge is 0.233 e. The Bertz CT molecular complexity index is 275. The molecule has 2 heterocycles. The Morgan fingerprint density at radius 2 is 1.69 bits per heavy atom. The molecule has 2 fully saturated rings. The number of likely N-dealkylation sites (tertiary alicyclic amines) is 1. The molecular formula is C12H20N2O2. The maximum Gasteiger partial charge on any atom is 0.233 e. The molecule has 0 aromatic rings. The minimum atomic E-state index is -0.135. The van der Waals surface area contributed by atoms with Gasteiger partial charge >= 0.3 is 0 Å². The fourth-order valence-corrected chi connectivity index (χ4v) is 2.59. The van der Waals surface area contributed by atoms with Crippen molar-refractivity contribution in [3.05, 3.63) is 0 Å². The van der Waals surface area contributed by atoms with Crippen molar-refractivity contribution in [1.29, 1.82) is 0 Å². The fourth-order valence-electron chi connectivity index (χ4n) is 2.59. The van der Waals surface area contributed by atoms with Crippen LogP contribution in [0, 0.1) is 11.8 Å². The normalized spacial score (nSPS) is 36.6. The lowest BCUT2D eigenvalue weighted by Gasteiger charge is -2.25. The molecule has 0 aliphatic carbocycles. The van der Waals surface area contributed by atoms with Gasteiger partial charge in [-0.25, -0.2) is 0 Å². The number of hydrogen-bond donors (Lipinski definition) is 1. The molecule has 90 valence electrons. The van der Waals surface area contributed by atoms with Crippen LogP contribution < -0.4 is 5.32 Å². The summed E-state index contributed by atoms with van der Waals surface area (Å²) in [4.78, 5) is 25.6. The van der Waals surface area contributed by atoms with E-state index in [0.717, 1.165) is 32.4 Å². The van der Waals surface area contributed by atoms with Gasteiger partial charge < -0.3 is 5.32 Å². The Balaban J connectivity index is 2.13. The number of hydrogen-bond acceptors (Lipinski definition) is 3. The van der Waals surface area contributed by atoms with Crippen molar-refractivity contribution in [1.82, 2.24) is 10.2 Å². The van der Waals surface area contributed by atoms with Gasteiger partial charge in [-0.1, -0.05) is 13.8 Å². The number of amides is 2. The van der Waals surface area contributed by atoms with E-state index in [-0.39, 0.29) is 29.7 Å². The van der Waals surface area contributed by atoms with E-state index in [2.05, 4.69) is 5.32 Å². The standard InChI is InChI=1S/C12H20N2O2/c1-8-9(2)12(16)14(11(8)15)10-4-3-6-13-7-5-10/h8-10,13H,3-7H2,1-2H3. The summed E-state index contributed by atoms with van der Waals surface area (Å²) in [6, 6.07) is 0.127. The summed E-state index contributed by atoms with van der Waals surface area (Å²) in [5.41, 5.74) is 0. The highest BCUT2D eigenvalue weighted by atomic mass is 16.2. The highest BCUT2D eigenvalue weighted by Crippen LogP contribution is 2.29. The predicted octanol–water partition coefficient (Wildman–Crippen LogP) is 0.770. The SMILES string of the molecule is CC1C(=O)N(C2CCCNCC2)C(=O)C1C. The summed E-state index contributed by atoms with van der Waals surface area (Å²) < 4.78 is 0. The molecule has 4 nitrogen and oxygen atoms in total. The lowest BCUT2D eigenvalue weighted by molar-refractivity contribution is -0.142. The Kier molecular flexibility index (Phi) is 3.28. The van der Waals surface area contributed by atoms with Crippen LogP contribution in [-0.2, 0) is 9.59 Å². The van der Waals surface area contributed by atoms with Gasteiger partial charge in [0.2, 0.25) is 11.8 Å². The Morgan fingerprint density at radius 1 is 1.06 bits per heavy atom. The van der Waals surface area contributed by atoms with Crippen LogP contribution in [0.25, 0.3) is 0 Å². The zero-order valence-corrected chi connectivity index (χ0v) is 10.0. The van der Waals surface area contributed by atoms with Gasteiger partial charge in [0, 0.05) is 17.9 Å². The summed E-state index contributed by atoms with van der Waals surface area (Å²) in [5.74, 6) is -0.207. The van der Waals surface area contributed by atoms with E-state index in [9.17, 15) is 9.59 Å². The van der Waals surface area contributed by atoms with Gasteiger partial charge in [0.25, 0.3) is 0 Å². The van der Waals surface area contributed by atoms with E-state index < -0.39 is 0 Å². The molecule has 2 aliphatic heterocycles. The zero-order chi connectivity index (χ0) is 11.7. The van der Waals surface area contributed by atoms with Gasteiger partial charge in [-0.3, -0.25) is 14.5 Å². The predicted molar refractivity (Wildman–Crippen MR) is 60.7 cm³/mol. The first-order valence-electron chi connectivity index (χ1n) is 6.20. The Labute approximate surface area is 96.4 Å². The molecule has 1 N–H and O–H groups in total. The number of nitrogens with zero attached hydrogens (tertiary/aromatic N) is 1. The lowest BCUT2D eigenvalue weighted by atomic mass is 10.00. The molecule has 3 atom stereocenters. The van der Waals surface area contributed by atoms with E-state index in [0.29, 0.717) is 0 Å². The third-order valence-electron chi connectivity index (χ3n) is 3.91. The molecule has 16 heavy (non-hydrogen) atoms. The summed E-state index contributed by atoms with van der Waals surface area (Å²) in [7, 11) is 0. The van der Waals surface area contributed by atoms with Crippen LogP contribution in [0.5, 0.6) is 0 Å². The van der Waals surface area contributed by atoms with Crippen LogP contribution >= 0.6 is 0 Å². The van der Waals surface area contributed by atoms with Gasteiger partial charge in [-0.2, -0.15) is 0 Å². The third kappa shape index (κ3) is 1.86. The molecule has 2 amide bonds. The third-order valence-corrected chi connectivity index (χ3v) is 3.91. The van der Waals surface area contributed by atoms with Gasteiger partial charge in [-0.15, -0.1) is 0 Å². The summed E-state index contributed by atoms with van der Waals surface area (Å²) >= 11 is 0. The molecule has 0 bridgehead atoms. The zero-order valence-electron chi connectivity index (χ0n) is 10.0. The first kappa shape index (κ1) is 11.6. The molecule has 0 spiro atoms. The number of carbonyl (C=O) groups is 2. The second kappa shape index (κ2) is 4.53. The maximum atomic E-state index is 12.0. The van der Waals surface area contributed by atoms with Crippen LogP contribution in [0.15, 0.2) is 0 Å². The van der Waals surface area contributed by atoms with Crippen molar-refractivity contribution in [2.24, 2.45) is 11.8 Å². The quantitative estimate of drug-likeness (QED) is 0.669. The number of carbonyl (C=O) groups excluding carboxylic acids is 2. The Hall–Kier alpha value is -0.900. The summed E-state index contributed by atoms with van der Waals surface area (Å²) in [5, 5.41) is 3.30. The molecule has 4 heteroatoms. The molecule has 2 saturated heterocycles. The molecule has 0 radical (unpaired) electrons. The van der Waals surface area contributed by atoms with Crippen LogP contribution in [-0.4, -0.2) is 35.8 Å². The average Bonchev–Trinajstić information content (AvgIpc) is 2.54. The Morgan fingerprint density at radius 3 is 2.31 bits per heavy atom. The van der Waals surface area contributed by atoms with E-state index in [1.807, 2.05) is 13.8 Å². The highest BCUT2D eigenvalue weighted by molar-refractivity contribution is 6.05. The molecule has 2 aliphatic rings. The minimum absolute atomic E-state index is 0.0319. The number of imide groups is 1. The van der Waals surface area contributed by atoms with E-state index in [1.54, 1.807) is 4.90 Å². The number of rotatable bonds is 1. The van der Waals surface area contributed by atoms with Gasteiger partial charge in [0.15, 0.2) is 0 Å². The van der Waals surface area contributed by atoms with Crippen LogP contribution in [0.2, 0.25) is 0 Å². The van der Waals surface area contributed by atoms with Crippen molar-refractivity contribution in [2.75, 3.05) is 13.1 Å². The van der Waals surface area contributed by atoms with E-state index in [4.69, 9.17) is 0 Å². The topological polar surface area (TPSA) is 49.4 Å². The largest absolute Gasteiger partial charge is 0.317 e. The molecule has 0 aromatic heterocycles. The van der Waals surface area contributed by atoms with Crippen molar-refractivity contribution >= 4 is 11.8 Å². The highest BCUT2D eigenvalue weighted by Gasteiger charge is 2.45. The maximum absolute atomic E-state index is 12.0. The van der Waals surface area contributed by atoms with E-state index >= 15 is 0 Å². The van der Waals surface area contributed by atoms with Crippen molar-refractivity contribution in [3.8, 4) is 0 Å². The van der Waals surface area contributed by atoms with Crippen molar-refractivity contribution in [2.45, 2.75) is 39.2 Å². The van der Waals surface area contributed by atoms with Crippen molar-refractivity contribution < 1.29 is 9.59 Å². The number of nitrogens with one attached hydrogen (secondary N) is 1. The average molecular weight is 224 g/mol. The first-order valence-corrected chi connectivity index (χ1v) is 6.20. The summed E-state index contributed by atoms with van der Waals surface area (Å²) in [6.45, 7) is 5.63. The minimum Gasteiger partial charge on any atom is -0.317 e. The lowest BCUT2D eigenvalue weighted by Crippen LogP contribution is -2.41. The second-order valence-electron chi connectivity index (χ2n) is 4.96. The van der Waals surface area contributed by atoms with Crippen LogP contribution in [0.3, 0.4) is 0 Å². The van der Waals surface area contributed by atoms with Gasteiger partial charge in [0.05, 0.1) is 0 Å².